The first kappa shape index (κ1) is 16.3. The highest BCUT2D eigenvalue weighted by Crippen LogP contribution is 2.20. The molecular formula is C13H19ClN4O2. The molecule has 0 unspecified atom stereocenters. The van der Waals surface area contributed by atoms with Crippen LogP contribution < -0.4 is 11.1 Å². The summed E-state index contributed by atoms with van der Waals surface area (Å²) in [5.74, 6) is 1.30. The normalized spacial score (nSPS) is 10.1. The van der Waals surface area contributed by atoms with Crippen LogP contribution in [-0.4, -0.2) is 29.2 Å². The van der Waals surface area contributed by atoms with Gasteiger partial charge in [-0.25, -0.2) is 0 Å². The van der Waals surface area contributed by atoms with E-state index < -0.39 is 0 Å². The lowest BCUT2D eigenvalue weighted by Crippen LogP contribution is -2.25. The van der Waals surface area contributed by atoms with Gasteiger partial charge in [0, 0.05) is 12.6 Å². The fraction of sp³-hybridized carbons (Fsp3) is 0.385. The monoisotopic (exact) mass is 298 g/mol. The van der Waals surface area contributed by atoms with Gasteiger partial charge in [0.2, 0.25) is 0 Å². The molecule has 2 heterocycles. The van der Waals surface area contributed by atoms with Crippen molar-refractivity contribution in [2.24, 2.45) is 5.73 Å². The van der Waals surface area contributed by atoms with E-state index in [-0.39, 0.29) is 18.3 Å². The molecule has 0 radical (unpaired) electrons. The number of rotatable bonds is 6. The van der Waals surface area contributed by atoms with E-state index >= 15 is 0 Å². The van der Waals surface area contributed by atoms with Gasteiger partial charge < -0.3 is 15.5 Å². The third kappa shape index (κ3) is 4.11. The molecule has 20 heavy (non-hydrogen) atoms. The summed E-state index contributed by atoms with van der Waals surface area (Å²) in [6.45, 7) is 3.11. The summed E-state index contributed by atoms with van der Waals surface area (Å²) in [5, 5.41) is 9.57. The van der Waals surface area contributed by atoms with Crippen molar-refractivity contribution in [3.8, 4) is 11.5 Å². The van der Waals surface area contributed by atoms with Crippen LogP contribution in [0.3, 0.4) is 0 Å². The van der Waals surface area contributed by atoms with Gasteiger partial charge in [-0.05, 0) is 38.4 Å². The zero-order chi connectivity index (χ0) is 13.7. The Bertz CT molecular complexity index is 550. The van der Waals surface area contributed by atoms with Gasteiger partial charge in [0.25, 0.3) is 5.91 Å². The standard InChI is InChI=1S/C13H18N4O2.ClH/c1-9-4-5-12(19-9)10-8-11(17-16-10)13(18)15-7-3-2-6-14;/h4-5,8H,2-3,6-7,14H2,1H3,(H,15,18)(H,16,17);1H. The number of H-pyrrole nitrogens is 1. The van der Waals surface area contributed by atoms with Crippen LogP contribution in [0.15, 0.2) is 22.6 Å². The molecule has 0 saturated heterocycles. The largest absolute Gasteiger partial charge is 0.460 e. The molecule has 0 atom stereocenters. The van der Waals surface area contributed by atoms with Crippen LogP contribution >= 0.6 is 12.4 Å². The molecule has 110 valence electrons. The molecule has 0 aromatic carbocycles. The van der Waals surface area contributed by atoms with Crippen LogP contribution in [0.2, 0.25) is 0 Å². The Balaban J connectivity index is 0.00000200. The van der Waals surface area contributed by atoms with E-state index in [9.17, 15) is 4.79 Å². The number of halogens is 1. The fourth-order valence-corrected chi connectivity index (χ4v) is 1.71. The van der Waals surface area contributed by atoms with Crippen molar-refractivity contribution in [3.05, 3.63) is 29.7 Å². The lowest BCUT2D eigenvalue weighted by atomic mass is 10.3. The average Bonchev–Trinajstić information content (AvgIpc) is 3.02. The van der Waals surface area contributed by atoms with E-state index in [1.165, 1.54) is 0 Å². The van der Waals surface area contributed by atoms with Gasteiger partial charge in [0.05, 0.1) is 0 Å². The fourth-order valence-electron chi connectivity index (χ4n) is 1.71. The Morgan fingerprint density at radius 1 is 1.45 bits per heavy atom. The van der Waals surface area contributed by atoms with Crippen molar-refractivity contribution >= 4 is 18.3 Å². The number of aromatic amines is 1. The van der Waals surface area contributed by atoms with E-state index in [2.05, 4.69) is 15.5 Å². The van der Waals surface area contributed by atoms with Gasteiger partial charge in [-0.1, -0.05) is 0 Å². The molecular weight excluding hydrogens is 280 g/mol. The summed E-state index contributed by atoms with van der Waals surface area (Å²) >= 11 is 0. The Hall–Kier alpha value is -1.79. The molecule has 2 rings (SSSR count). The van der Waals surface area contributed by atoms with Crippen molar-refractivity contribution in [2.45, 2.75) is 19.8 Å². The second-order valence-electron chi connectivity index (χ2n) is 4.33. The zero-order valence-corrected chi connectivity index (χ0v) is 12.1. The molecule has 0 spiro atoms. The number of nitrogens with two attached hydrogens (primary N) is 1. The van der Waals surface area contributed by atoms with E-state index in [1.54, 1.807) is 6.07 Å². The van der Waals surface area contributed by atoms with Gasteiger partial charge in [-0.3, -0.25) is 9.89 Å². The Kier molecular flexibility index (Phi) is 6.27. The SMILES string of the molecule is Cc1ccc(-c2cc(C(=O)NCCCCN)n[nH]2)o1.Cl. The summed E-state index contributed by atoms with van der Waals surface area (Å²) in [7, 11) is 0. The Labute approximate surface area is 123 Å². The Morgan fingerprint density at radius 2 is 2.25 bits per heavy atom. The maximum absolute atomic E-state index is 11.8. The summed E-state index contributed by atoms with van der Waals surface area (Å²) in [6.07, 6.45) is 1.77. The van der Waals surface area contributed by atoms with Crippen LogP contribution in [0.25, 0.3) is 11.5 Å². The second-order valence-corrected chi connectivity index (χ2v) is 4.33. The summed E-state index contributed by atoms with van der Waals surface area (Å²) < 4.78 is 5.46. The highest BCUT2D eigenvalue weighted by atomic mass is 35.5. The van der Waals surface area contributed by atoms with Gasteiger partial charge in [-0.15, -0.1) is 12.4 Å². The van der Waals surface area contributed by atoms with Gasteiger partial charge in [-0.2, -0.15) is 5.10 Å². The smallest absolute Gasteiger partial charge is 0.271 e. The number of amides is 1. The zero-order valence-electron chi connectivity index (χ0n) is 11.3. The maximum Gasteiger partial charge on any atom is 0.271 e. The number of aryl methyl sites for hydroxylation is 1. The van der Waals surface area contributed by atoms with Crippen LogP contribution in [0.1, 0.15) is 29.1 Å². The molecule has 6 nitrogen and oxygen atoms in total. The summed E-state index contributed by atoms with van der Waals surface area (Å²) in [4.78, 5) is 11.8. The predicted molar refractivity (Wildman–Crippen MR) is 78.9 cm³/mol. The number of furan rings is 1. The van der Waals surface area contributed by atoms with Crippen molar-refractivity contribution < 1.29 is 9.21 Å². The number of hydrogen-bond donors (Lipinski definition) is 3. The van der Waals surface area contributed by atoms with E-state index in [0.717, 1.165) is 18.6 Å². The van der Waals surface area contributed by atoms with Crippen LogP contribution in [0.4, 0.5) is 0 Å². The van der Waals surface area contributed by atoms with Crippen LogP contribution in [-0.2, 0) is 0 Å². The highest BCUT2D eigenvalue weighted by molar-refractivity contribution is 5.93. The molecule has 0 aliphatic carbocycles. The first-order valence-corrected chi connectivity index (χ1v) is 6.31. The molecule has 1 amide bonds. The van der Waals surface area contributed by atoms with E-state index in [0.29, 0.717) is 30.2 Å². The molecule has 0 aliphatic rings. The number of unbranched alkanes of at least 4 members (excludes halogenated alkanes) is 1. The quantitative estimate of drug-likeness (QED) is 0.709. The second kappa shape index (κ2) is 7.72. The highest BCUT2D eigenvalue weighted by Gasteiger charge is 2.12. The number of carbonyl (C=O) groups is 1. The molecule has 0 bridgehead atoms. The number of nitrogens with zero attached hydrogens (tertiary/aromatic N) is 1. The topological polar surface area (TPSA) is 96.9 Å². The van der Waals surface area contributed by atoms with Crippen molar-refractivity contribution in [1.82, 2.24) is 15.5 Å². The molecule has 7 heteroatoms. The van der Waals surface area contributed by atoms with Crippen molar-refractivity contribution in [2.75, 3.05) is 13.1 Å². The van der Waals surface area contributed by atoms with Crippen molar-refractivity contribution in [1.29, 1.82) is 0 Å². The molecule has 4 N–H and O–H groups in total. The minimum Gasteiger partial charge on any atom is -0.460 e. The third-order valence-electron chi connectivity index (χ3n) is 2.73. The van der Waals surface area contributed by atoms with E-state index in [4.69, 9.17) is 10.2 Å². The molecule has 0 saturated carbocycles. The minimum absolute atomic E-state index is 0. The number of carbonyl (C=O) groups excluding carboxylic acids is 1. The summed E-state index contributed by atoms with van der Waals surface area (Å²) in [6, 6.07) is 5.38. The summed E-state index contributed by atoms with van der Waals surface area (Å²) in [5.41, 5.74) is 6.44. The number of hydrogen-bond acceptors (Lipinski definition) is 4. The van der Waals surface area contributed by atoms with Gasteiger partial charge >= 0.3 is 0 Å². The average molecular weight is 299 g/mol. The van der Waals surface area contributed by atoms with Crippen LogP contribution in [0, 0.1) is 6.92 Å². The van der Waals surface area contributed by atoms with Gasteiger partial charge in [0.15, 0.2) is 11.5 Å². The first-order valence-electron chi connectivity index (χ1n) is 6.31. The molecule has 0 aliphatic heterocycles. The minimum atomic E-state index is -0.192. The first-order chi connectivity index (χ1) is 9.20. The van der Waals surface area contributed by atoms with Crippen molar-refractivity contribution in [3.63, 3.8) is 0 Å². The van der Waals surface area contributed by atoms with Gasteiger partial charge in [0.1, 0.15) is 11.5 Å². The third-order valence-corrected chi connectivity index (χ3v) is 2.73. The molecule has 2 aromatic heterocycles. The number of aromatic nitrogens is 2. The Morgan fingerprint density at radius 3 is 2.90 bits per heavy atom. The lowest BCUT2D eigenvalue weighted by Gasteiger charge is -2.01. The molecule has 0 fully saturated rings. The van der Waals surface area contributed by atoms with Crippen LogP contribution in [0.5, 0.6) is 0 Å². The lowest BCUT2D eigenvalue weighted by molar-refractivity contribution is 0.0948. The van der Waals surface area contributed by atoms with E-state index in [1.807, 2.05) is 19.1 Å². The molecule has 2 aromatic rings. The predicted octanol–water partition coefficient (Wildman–Crippen LogP) is 1.87. The maximum atomic E-state index is 11.8. The number of nitrogens with one attached hydrogen (secondary N) is 2.